The molecule has 2 unspecified atom stereocenters. The first-order chi connectivity index (χ1) is 12.1. The monoisotopic (exact) mass is 361 g/mol. The van der Waals surface area contributed by atoms with Gasteiger partial charge < -0.3 is 5.32 Å². The number of nitrogens with zero attached hydrogens (tertiary/aromatic N) is 2. The molecule has 142 valence electrons. The fourth-order valence-corrected chi connectivity index (χ4v) is 4.83. The standard InChI is InChI=1S/C20H28FN3O2/c1-14-9-19(2,3)12-20(10-14)17(25)24(18(26)22-20)13-23(4)11-15-5-7-16(21)8-6-15/h5-8,14H,9-13H2,1-4H3,(H,22,26). The Morgan fingerprint density at radius 3 is 2.50 bits per heavy atom. The molecule has 1 aliphatic heterocycles. The van der Waals surface area contributed by atoms with Crippen molar-refractivity contribution in [1.82, 2.24) is 15.1 Å². The third kappa shape index (κ3) is 3.75. The van der Waals surface area contributed by atoms with Gasteiger partial charge in [-0.2, -0.15) is 0 Å². The number of hydrogen-bond donors (Lipinski definition) is 1. The Morgan fingerprint density at radius 1 is 1.23 bits per heavy atom. The van der Waals surface area contributed by atoms with Crippen LogP contribution in [0.1, 0.15) is 45.6 Å². The summed E-state index contributed by atoms with van der Waals surface area (Å²) in [4.78, 5) is 28.9. The molecular weight excluding hydrogens is 333 g/mol. The van der Waals surface area contributed by atoms with Gasteiger partial charge in [-0.15, -0.1) is 0 Å². The second-order valence-electron chi connectivity index (χ2n) is 8.88. The predicted octanol–water partition coefficient (Wildman–Crippen LogP) is 3.35. The second kappa shape index (κ2) is 6.65. The number of carbonyl (C=O) groups excluding carboxylic acids is 2. The van der Waals surface area contributed by atoms with E-state index in [-0.39, 0.29) is 29.8 Å². The quantitative estimate of drug-likeness (QED) is 0.837. The van der Waals surface area contributed by atoms with Crippen molar-refractivity contribution < 1.29 is 14.0 Å². The van der Waals surface area contributed by atoms with Crippen molar-refractivity contribution in [1.29, 1.82) is 0 Å². The van der Waals surface area contributed by atoms with Gasteiger partial charge in [0, 0.05) is 6.54 Å². The van der Waals surface area contributed by atoms with Crippen molar-refractivity contribution in [3.05, 3.63) is 35.6 Å². The van der Waals surface area contributed by atoms with Gasteiger partial charge in [0.05, 0.1) is 6.67 Å². The third-order valence-corrected chi connectivity index (χ3v) is 5.37. The Bertz CT molecular complexity index is 704. The minimum Gasteiger partial charge on any atom is -0.323 e. The second-order valence-corrected chi connectivity index (χ2v) is 8.88. The van der Waals surface area contributed by atoms with Crippen LogP contribution in [0, 0.1) is 17.2 Å². The lowest BCUT2D eigenvalue weighted by Crippen LogP contribution is -2.54. The number of carbonyl (C=O) groups is 2. The molecule has 3 rings (SSSR count). The summed E-state index contributed by atoms with van der Waals surface area (Å²) in [6.07, 6.45) is 2.43. The topological polar surface area (TPSA) is 52.7 Å². The Kier molecular flexibility index (Phi) is 4.82. The summed E-state index contributed by atoms with van der Waals surface area (Å²) in [6, 6.07) is 5.94. The van der Waals surface area contributed by atoms with E-state index >= 15 is 0 Å². The molecule has 2 aliphatic rings. The summed E-state index contributed by atoms with van der Waals surface area (Å²) in [5, 5.41) is 2.99. The average molecular weight is 361 g/mol. The molecule has 3 amide bonds. The largest absolute Gasteiger partial charge is 0.326 e. The lowest BCUT2D eigenvalue weighted by atomic mass is 9.64. The van der Waals surface area contributed by atoms with Crippen molar-refractivity contribution in [2.45, 2.75) is 52.1 Å². The van der Waals surface area contributed by atoms with Gasteiger partial charge in [0.2, 0.25) is 0 Å². The summed E-state index contributed by atoms with van der Waals surface area (Å²) in [5.41, 5.74) is 0.189. The Morgan fingerprint density at radius 2 is 1.88 bits per heavy atom. The molecule has 0 aromatic heterocycles. The molecule has 1 saturated heterocycles. The maximum Gasteiger partial charge on any atom is 0.326 e. The van der Waals surface area contributed by atoms with E-state index in [1.165, 1.54) is 17.0 Å². The van der Waals surface area contributed by atoms with Crippen LogP contribution in [0.25, 0.3) is 0 Å². The molecule has 1 saturated carbocycles. The highest BCUT2D eigenvalue weighted by Gasteiger charge is 2.56. The van der Waals surface area contributed by atoms with Crippen molar-refractivity contribution in [3.63, 3.8) is 0 Å². The molecule has 2 fully saturated rings. The van der Waals surface area contributed by atoms with E-state index in [1.807, 2.05) is 11.9 Å². The Labute approximate surface area is 154 Å². The molecule has 2 atom stereocenters. The van der Waals surface area contributed by atoms with E-state index in [1.54, 1.807) is 12.1 Å². The molecule has 6 heteroatoms. The van der Waals surface area contributed by atoms with Crippen LogP contribution >= 0.6 is 0 Å². The van der Waals surface area contributed by atoms with Crippen LogP contribution in [0.15, 0.2) is 24.3 Å². The summed E-state index contributed by atoms with van der Waals surface area (Å²) >= 11 is 0. The number of benzene rings is 1. The summed E-state index contributed by atoms with van der Waals surface area (Å²) in [7, 11) is 1.85. The fourth-order valence-electron chi connectivity index (χ4n) is 4.83. The first kappa shape index (κ1) is 18.8. The number of imide groups is 1. The first-order valence-electron chi connectivity index (χ1n) is 9.17. The molecule has 1 spiro atoms. The lowest BCUT2D eigenvalue weighted by Gasteiger charge is -2.43. The minimum atomic E-state index is -0.769. The molecule has 1 aliphatic carbocycles. The maximum absolute atomic E-state index is 13.1. The van der Waals surface area contributed by atoms with Gasteiger partial charge in [0.15, 0.2) is 0 Å². The predicted molar refractivity (Wildman–Crippen MR) is 97.6 cm³/mol. The zero-order valence-electron chi connectivity index (χ0n) is 16.0. The lowest BCUT2D eigenvalue weighted by molar-refractivity contribution is -0.136. The van der Waals surface area contributed by atoms with Crippen LogP contribution in [-0.4, -0.2) is 41.0 Å². The molecular formula is C20H28FN3O2. The van der Waals surface area contributed by atoms with Crippen molar-refractivity contribution in [2.24, 2.45) is 11.3 Å². The normalized spacial score (nSPS) is 28.1. The number of hydrogen-bond acceptors (Lipinski definition) is 3. The average Bonchev–Trinajstić information content (AvgIpc) is 2.71. The van der Waals surface area contributed by atoms with Crippen LogP contribution < -0.4 is 5.32 Å². The van der Waals surface area contributed by atoms with E-state index < -0.39 is 5.54 Å². The maximum atomic E-state index is 13.1. The van der Waals surface area contributed by atoms with Crippen LogP contribution in [0.5, 0.6) is 0 Å². The number of urea groups is 1. The van der Waals surface area contributed by atoms with E-state index in [2.05, 4.69) is 26.1 Å². The highest BCUT2D eigenvalue weighted by Crippen LogP contribution is 2.46. The highest BCUT2D eigenvalue weighted by molar-refractivity contribution is 6.07. The Balaban J connectivity index is 1.70. The molecule has 1 aromatic carbocycles. The molecule has 5 nitrogen and oxygen atoms in total. The molecule has 0 radical (unpaired) electrons. The number of amides is 3. The van der Waals surface area contributed by atoms with Gasteiger partial charge in [-0.1, -0.05) is 32.9 Å². The summed E-state index contributed by atoms with van der Waals surface area (Å²) < 4.78 is 13.0. The van der Waals surface area contributed by atoms with Crippen molar-refractivity contribution in [3.8, 4) is 0 Å². The molecule has 1 heterocycles. The first-order valence-corrected chi connectivity index (χ1v) is 9.17. The van der Waals surface area contributed by atoms with Crippen molar-refractivity contribution in [2.75, 3.05) is 13.7 Å². The van der Waals surface area contributed by atoms with E-state index in [0.717, 1.165) is 12.0 Å². The van der Waals surface area contributed by atoms with Crippen LogP contribution in [-0.2, 0) is 11.3 Å². The zero-order chi connectivity index (χ0) is 19.1. The molecule has 0 bridgehead atoms. The molecule has 26 heavy (non-hydrogen) atoms. The van der Waals surface area contributed by atoms with Gasteiger partial charge in [0.25, 0.3) is 5.91 Å². The molecule has 1 aromatic rings. The Hall–Kier alpha value is -1.95. The van der Waals surface area contributed by atoms with Crippen LogP contribution in [0.2, 0.25) is 0 Å². The van der Waals surface area contributed by atoms with Crippen molar-refractivity contribution >= 4 is 11.9 Å². The number of nitrogens with one attached hydrogen (secondary N) is 1. The zero-order valence-corrected chi connectivity index (χ0v) is 16.0. The number of rotatable bonds is 4. The van der Waals surface area contributed by atoms with Gasteiger partial charge in [-0.3, -0.25) is 9.69 Å². The third-order valence-electron chi connectivity index (χ3n) is 5.37. The van der Waals surface area contributed by atoms with Crippen LogP contribution in [0.3, 0.4) is 0 Å². The van der Waals surface area contributed by atoms with Gasteiger partial charge in [0.1, 0.15) is 11.4 Å². The minimum absolute atomic E-state index is 0.0244. The fraction of sp³-hybridized carbons (Fsp3) is 0.600. The van der Waals surface area contributed by atoms with Gasteiger partial charge in [-0.05, 0) is 55.3 Å². The van der Waals surface area contributed by atoms with E-state index in [4.69, 9.17) is 0 Å². The molecule has 1 N–H and O–H groups in total. The van der Waals surface area contributed by atoms with E-state index in [9.17, 15) is 14.0 Å². The smallest absolute Gasteiger partial charge is 0.323 e. The number of halogens is 1. The summed E-state index contributed by atoms with van der Waals surface area (Å²) in [5.74, 6) is -0.00514. The SMILES string of the molecule is CC1CC(C)(C)CC2(C1)NC(=O)N(CN(C)Cc1ccc(F)cc1)C2=O. The highest BCUT2D eigenvalue weighted by atomic mass is 19.1. The summed E-state index contributed by atoms with van der Waals surface area (Å²) in [6.45, 7) is 7.22. The van der Waals surface area contributed by atoms with Gasteiger partial charge in [-0.25, -0.2) is 14.1 Å². The van der Waals surface area contributed by atoms with E-state index in [0.29, 0.717) is 25.3 Å². The van der Waals surface area contributed by atoms with Crippen LogP contribution in [0.4, 0.5) is 9.18 Å². The van der Waals surface area contributed by atoms with Gasteiger partial charge >= 0.3 is 6.03 Å².